The van der Waals surface area contributed by atoms with Gasteiger partial charge in [-0.3, -0.25) is 8.97 Å². The standard InChI is InChI=1S/C35H19N5S/c1-2-12-22-20(10-1)21-11-3-6-16-26(21)39-33(22)37-32-23-13-4-7-17-27(23)40(34(32)39)35-36-25-15-9-19-29-30(25)31(38-35)24-14-5-8-18-28(24)41-29/h1-19H. The molecule has 4 aromatic heterocycles. The second-order valence-corrected chi connectivity index (χ2v) is 11.6. The summed E-state index contributed by atoms with van der Waals surface area (Å²) in [6, 6.07) is 40.5. The smallest absolute Gasteiger partial charge is 0.237 e. The summed E-state index contributed by atoms with van der Waals surface area (Å²) in [7, 11) is 0. The van der Waals surface area contributed by atoms with Crippen molar-refractivity contribution >= 4 is 72.1 Å². The minimum atomic E-state index is 0.650. The zero-order chi connectivity index (χ0) is 26.7. The van der Waals surface area contributed by atoms with Gasteiger partial charge in [-0.05, 0) is 35.7 Å². The van der Waals surface area contributed by atoms with E-state index in [4.69, 9.17) is 15.0 Å². The molecular weight excluding hydrogens is 522 g/mol. The number of pyridine rings is 1. The summed E-state index contributed by atoms with van der Waals surface area (Å²) in [6.07, 6.45) is 0. The maximum atomic E-state index is 5.34. The van der Waals surface area contributed by atoms with Crippen LogP contribution in [0.2, 0.25) is 0 Å². The lowest BCUT2D eigenvalue weighted by Gasteiger charge is -2.20. The second kappa shape index (κ2) is 7.71. The molecule has 0 N–H and O–H groups in total. The van der Waals surface area contributed by atoms with Crippen LogP contribution in [0.15, 0.2) is 125 Å². The Hall–Kier alpha value is -5.20. The molecule has 0 aliphatic carbocycles. The fourth-order valence-corrected chi connectivity index (χ4v) is 7.70. The number of benzene rings is 5. The van der Waals surface area contributed by atoms with Crippen molar-refractivity contribution < 1.29 is 0 Å². The van der Waals surface area contributed by atoms with Gasteiger partial charge in [0.15, 0.2) is 5.65 Å². The van der Waals surface area contributed by atoms with Crippen molar-refractivity contribution in [3.05, 3.63) is 115 Å². The van der Waals surface area contributed by atoms with E-state index in [1.165, 1.54) is 20.6 Å². The highest BCUT2D eigenvalue weighted by atomic mass is 32.2. The van der Waals surface area contributed by atoms with Crippen molar-refractivity contribution in [2.75, 3.05) is 0 Å². The molecule has 0 radical (unpaired) electrons. The third-order valence-electron chi connectivity index (χ3n) is 8.30. The first-order chi connectivity index (χ1) is 20.3. The SMILES string of the molecule is c1ccc2c(c1)Sc1cccc3nc(-n4c5ccccc5c5nc6c7ccccc7c7ccccc7n6c54)nc-2c13. The Morgan fingerprint density at radius 1 is 0.537 bits per heavy atom. The number of nitrogens with zero attached hydrogens (tertiary/aromatic N) is 5. The van der Waals surface area contributed by atoms with E-state index in [9.17, 15) is 0 Å². The topological polar surface area (TPSA) is 48.0 Å². The van der Waals surface area contributed by atoms with Crippen LogP contribution in [0.1, 0.15) is 0 Å². The van der Waals surface area contributed by atoms with Crippen LogP contribution in [-0.2, 0) is 0 Å². The fourth-order valence-electron chi connectivity index (χ4n) is 6.59. The van der Waals surface area contributed by atoms with Crippen LogP contribution in [-0.4, -0.2) is 23.9 Å². The zero-order valence-electron chi connectivity index (χ0n) is 21.6. The van der Waals surface area contributed by atoms with Gasteiger partial charge in [0.25, 0.3) is 0 Å². The largest absolute Gasteiger partial charge is 0.277 e. The van der Waals surface area contributed by atoms with Crippen LogP contribution in [0.3, 0.4) is 0 Å². The summed E-state index contributed by atoms with van der Waals surface area (Å²) in [5, 5.41) is 5.72. The third-order valence-corrected chi connectivity index (χ3v) is 9.44. The molecule has 6 heteroatoms. The number of hydrogen-bond acceptors (Lipinski definition) is 4. The molecule has 1 aliphatic rings. The van der Waals surface area contributed by atoms with E-state index in [1.54, 1.807) is 11.8 Å². The van der Waals surface area contributed by atoms with E-state index in [0.717, 1.165) is 60.8 Å². The van der Waals surface area contributed by atoms with E-state index in [1.807, 2.05) is 0 Å². The quantitative estimate of drug-likeness (QED) is 0.195. The fraction of sp³-hybridized carbons (Fsp3) is 0. The zero-order valence-corrected chi connectivity index (χ0v) is 22.4. The molecule has 190 valence electrons. The lowest BCUT2D eigenvalue weighted by Crippen LogP contribution is -2.07. The molecule has 1 aliphatic heterocycles. The highest BCUT2D eigenvalue weighted by molar-refractivity contribution is 7.99. The van der Waals surface area contributed by atoms with Crippen LogP contribution in [0.25, 0.3) is 77.5 Å². The van der Waals surface area contributed by atoms with E-state index in [-0.39, 0.29) is 0 Å². The summed E-state index contributed by atoms with van der Waals surface area (Å²) in [5.74, 6) is 0.650. The molecule has 0 saturated heterocycles. The first-order valence-corrected chi connectivity index (χ1v) is 14.5. The van der Waals surface area contributed by atoms with Crippen LogP contribution < -0.4 is 0 Å². The van der Waals surface area contributed by atoms with Crippen LogP contribution in [0, 0.1) is 0 Å². The highest BCUT2D eigenvalue weighted by Gasteiger charge is 2.26. The number of fused-ring (bicyclic) bond motifs is 12. The lowest BCUT2D eigenvalue weighted by molar-refractivity contribution is 0.989. The van der Waals surface area contributed by atoms with Crippen LogP contribution in [0.4, 0.5) is 0 Å². The van der Waals surface area contributed by atoms with Crippen molar-refractivity contribution in [3.8, 4) is 17.2 Å². The maximum Gasteiger partial charge on any atom is 0.237 e. The molecule has 5 heterocycles. The van der Waals surface area contributed by atoms with Crippen LogP contribution >= 0.6 is 11.8 Å². The summed E-state index contributed by atoms with van der Waals surface area (Å²) in [5.41, 5.74) is 8.08. The molecule has 0 spiro atoms. The van der Waals surface area contributed by atoms with E-state index < -0.39 is 0 Å². The average Bonchev–Trinajstić information content (AvgIpc) is 3.57. The molecule has 0 atom stereocenters. The van der Waals surface area contributed by atoms with E-state index in [2.05, 4.69) is 124 Å². The van der Waals surface area contributed by atoms with Gasteiger partial charge in [-0.2, -0.15) is 0 Å². The second-order valence-electron chi connectivity index (χ2n) is 10.5. The van der Waals surface area contributed by atoms with Crippen LogP contribution in [0.5, 0.6) is 0 Å². The predicted molar refractivity (Wildman–Crippen MR) is 167 cm³/mol. The van der Waals surface area contributed by atoms with Gasteiger partial charge in [0, 0.05) is 36.9 Å². The van der Waals surface area contributed by atoms with Gasteiger partial charge in [0.1, 0.15) is 11.2 Å². The number of para-hydroxylation sites is 2. The lowest BCUT2D eigenvalue weighted by atomic mass is 10.1. The first kappa shape index (κ1) is 21.6. The molecule has 0 saturated carbocycles. The van der Waals surface area contributed by atoms with Gasteiger partial charge in [0.05, 0.1) is 22.2 Å². The van der Waals surface area contributed by atoms with Crippen molar-refractivity contribution in [2.24, 2.45) is 0 Å². The first-order valence-electron chi connectivity index (χ1n) is 13.6. The molecule has 41 heavy (non-hydrogen) atoms. The van der Waals surface area contributed by atoms with Gasteiger partial charge in [-0.15, -0.1) is 0 Å². The molecule has 5 nitrogen and oxygen atoms in total. The summed E-state index contributed by atoms with van der Waals surface area (Å²) >= 11 is 1.79. The monoisotopic (exact) mass is 541 g/mol. The highest BCUT2D eigenvalue weighted by Crippen LogP contribution is 2.47. The van der Waals surface area contributed by atoms with Crippen molar-refractivity contribution in [1.82, 2.24) is 23.9 Å². The average molecular weight is 542 g/mol. The Labute approximate surface area is 237 Å². The minimum Gasteiger partial charge on any atom is -0.277 e. The number of imidazole rings is 1. The third kappa shape index (κ3) is 2.74. The summed E-state index contributed by atoms with van der Waals surface area (Å²) in [6.45, 7) is 0. The maximum absolute atomic E-state index is 5.34. The Morgan fingerprint density at radius 2 is 1.24 bits per heavy atom. The van der Waals surface area contributed by atoms with Gasteiger partial charge in [-0.25, -0.2) is 15.0 Å². The van der Waals surface area contributed by atoms with E-state index in [0.29, 0.717) is 5.95 Å². The molecule has 9 aromatic rings. The van der Waals surface area contributed by atoms with Gasteiger partial charge in [-0.1, -0.05) is 96.7 Å². The Balaban J connectivity index is 1.44. The molecule has 0 unspecified atom stereocenters. The molecule has 0 amide bonds. The molecule has 0 bridgehead atoms. The molecule has 0 fully saturated rings. The molecule has 5 aromatic carbocycles. The van der Waals surface area contributed by atoms with Crippen molar-refractivity contribution in [2.45, 2.75) is 9.79 Å². The Kier molecular flexibility index (Phi) is 4.06. The van der Waals surface area contributed by atoms with Gasteiger partial charge in [0.2, 0.25) is 5.95 Å². The molecule has 10 rings (SSSR count). The molecular formula is C35H19N5S. The van der Waals surface area contributed by atoms with Gasteiger partial charge >= 0.3 is 0 Å². The number of aromatic nitrogens is 5. The Morgan fingerprint density at radius 3 is 2.15 bits per heavy atom. The number of rotatable bonds is 1. The van der Waals surface area contributed by atoms with Crippen molar-refractivity contribution in [1.29, 1.82) is 0 Å². The van der Waals surface area contributed by atoms with Crippen molar-refractivity contribution in [3.63, 3.8) is 0 Å². The number of hydrogen-bond donors (Lipinski definition) is 0. The normalized spacial score (nSPS) is 12.8. The minimum absolute atomic E-state index is 0.650. The summed E-state index contributed by atoms with van der Waals surface area (Å²) < 4.78 is 4.51. The predicted octanol–water partition coefficient (Wildman–Crippen LogP) is 8.81. The Bertz CT molecular complexity index is 2580. The van der Waals surface area contributed by atoms with Gasteiger partial charge < -0.3 is 0 Å². The summed E-state index contributed by atoms with van der Waals surface area (Å²) in [4.78, 5) is 18.3. The van der Waals surface area contributed by atoms with E-state index >= 15 is 0 Å².